The summed E-state index contributed by atoms with van der Waals surface area (Å²) in [7, 11) is -15.9. The Bertz CT molecular complexity index is 1330. The minimum absolute atomic E-state index is 0. The molecule has 12 N–H and O–H groups in total. The van der Waals surface area contributed by atoms with Crippen LogP contribution in [0.1, 0.15) is 6.23 Å². The molecule has 40 heavy (non-hydrogen) atoms. The first-order valence-electron chi connectivity index (χ1n) is 10.7. The lowest BCUT2D eigenvalue weighted by molar-refractivity contribution is -0.0500. The highest BCUT2D eigenvalue weighted by Gasteiger charge is 2.50. The molecule has 228 valence electrons. The molecule has 0 amide bonds. The molecule has 9 atom stereocenters. The van der Waals surface area contributed by atoms with Crippen LogP contribution in [-0.2, 0) is 41.1 Å². The van der Waals surface area contributed by atoms with E-state index in [2.05, 4.69) is 32.8 Å². The van der Waals surface area contributed by atoms with E-state index in [0.29, 0.717) is 0 Å². The SMILES string of the molecule is N.Nc1ncnc2c1ncn2[C@@H]1O[C@H](COP(=O)(O)OP(=O)(O)OC[C@H]2OC[C@H](O)[C@@H]2O)[C@@H](O)[C@H]1OP(=O)(O)O. The third-order valence-electron chi connectivity index (χ3n) is 5.50. The number of nitrogens with zero attached hydrogens (tertiary/aromatic N) is 4. The van der Waals surface area contributed by atoms with E-state index in [9.17, 15) is 48.6 Å². The monoisotopic (exact) mass is 640 g/mol. The summed E-state index contributed by atoms with van der Waals surface area (Å²) in [6.45, 7) is -2.10. The van der Waals surface area contributed by atoms with E-state index >= 15 is 0 Å². The number of ether oxygens (including phenoxy) is 2. The average Bonchev–Trinajstić information content (AvgIpc) is 3.47. The highest BCUT2D eigenvalue weighted by molar-refractivity contribution is 7.61. The van der Waals surface area contributed by atoms with Crippen molar-refractivity contribution in [2.45, 2.75) is 42.9 Å². The first-order chi connectivity index (χ1) is 18.1. The maximum absolute atomic E-state index is 12.3. The van der Waals surface area contributed by atoms with Crippen LogP contribution in [0.2, 0.25) is 0 Å². The predicted octanol–water partition coefficient (Wildman–Crippen LogP) is -2.32. The molecule has 4 rings (SSSR count). The fraction of sp³-hybridized carbons (Fsp3) is 0.667. The van der Waals surface area contributed by atoms with Gasteiger partial charge in [-0.3, -0.25) is 18.1 Å². The summed E-state index contributed by atoms with van der Waals surface area (Å²) in [6.07, 6.45) is -8.61. The molecule has 0 aromatic carbocycles. The molecule has 2 aliphatic rings. The lowest BCUT2D eigenvalue weighted by Crippen LogP contribution is -2.35. The first-order valence-corrected chi connectivity index (χ1v) is 15.2. The van der Waals surface area contributed by atoms with Crippen molar-refractivity contribution in [1.29, 1.82) is 0 Å². The molecule has 0 radical (unpaired) electrons. The van der Waals surface area contributed by atoms with E-state index in [4.69, 9.17) is 15.2 Å². The minimum atomic E-state index is -5.40. The normalized spacial score (nSPS) is 32.0. The van der Waals surface area contributed by atoms with Crippen LogP contribution < -0.4 is 11.9 Å². The number of phosphoric ester groups is 3. The number of phosphoric acid groups is 3. The van der Waals surface area contributed by atoms with E-state index in [1.807, 2.05) is 0 Å². The molecule has 2 aliphatic heterocycles. The second-order valence-corrected chi connectivity index (χ2v) is 12.5. The van der Waals surface area contributed by atoms with Crippen molar-refractivity contribution in [3.63, 3.8) is 0 Å². The molecular weight excluding hydrogens is 613 g/mol. The minimum Gasteiger partial charge on any atom is -0.388 e. The number of aromatic nitrogens is 4. The number of fused-ring (bicyclic) bond motifs is 1. The number of aliphatic hydroxyl groups excluding tert-OH is 3. The zero-order valence-electron chi connectivity index (χ0n) is 20.0. The largest absolute Gasteiger partial charge is 0.481 e. The first kappa shape index (κ1) is 33.0. The lowest BCUT2D eigenvalue weighted by atomic mass is 10.1. The Labute approximate surface area is 223 Å². The van der Waals surface area contributed by atoms with Crippen molar-refractivity contribution in [3.05, 3.63) is 12.7 Å². The topological polar surface area (TPSA) is 353 Å². The molecular formula is C15H27N6O16P3. The van der Waals surface area contributed by atoms with Crippen molar-refractivity contribution in [3.8, 4) is 0 Å². The third kappa shape index (κ3) is 7.65. The number of anilines is 1. The van der Waals surface area contributed by atoms with Gasteiger partial charge in [-0.1, -0.05) is 0 Å². The van der Waals surface area contributed by atoms with E-state index in [1.165, 1.54) is 0 Å². The van der Waals surface area contributed by atoms with E-state index in [0.717, 1.165) is 17.2 Å². The van der Waals surface area contributed by atoms with Crippen molar-refractivity contribution in [2.75, 3.05) is 25.6 Å². The molecule has 2 aromatic heterocycles. The Balaban J connectivity index is 0.00000441. The van der Waals surface area contributed by atoms with Crippen LogP contribution in [0.5, 0.6) is 0 Å². The molecule has 2 saturated heterocycles. The zero-order valence-corrected chi connectivity index (χ0v) is 22.7. The second-order valence-electron chi connectivity index (χ2n) is 8.24. The second kappa shape index (κ2) is 12.4. The Morgan fingerprint density at radius 2 is 1.60 bits per heavy atom. The van der Waals surface area contributed by atoms with Gasteiger partial charge in [0.1, 0.15) is 48.5 Å². The molecule has 2 aromatic rings. The van der Waals surface area contributed by atoms with Crippen LogP contribution in [0.3, 0.4) is 0 Å². The smallest absolute Gasteiger partial charge is 0.388 e. The summed E-state index contributed by atoms with van der Waals surface area (Å²) in [5, 5.41) is 29.7. The van der Waals surface area contributed by atoms with Gasteiger partial charge in [-0.2, -0.15) is 4.31 Å². The van der Waals surface area contributed by atoms with E-state index in [-0.39, 0.29) is 29.7 Å². The van der Waals surface area contributed by atoms with Gasteiger partial charge in [-0.15, -0.1) is 0 Å². The molecule has 2 fully saturated rings. The van der Waals surface area contributed by atoms with Crippen molar-refractivity contribution < 1.29 is 75.9 Å². The van der Waals surface area contributed by atoms with Gasteiger partial charge in [0.15, 0.2) is 17.7 Å². The van der Waals surface area contributed by atoms with Crippen LogP contribution >= 0.6 is 23.5 Å². The van der Waals surface area contributed by atoms with Gasteiger partial charge in [-0.25, -0.2) is 28.6 Å². The molecule has 25 heteroatoms. The Morgan fingerprint density at radius 1 is 0.975 bits per heavy atom. The van der Waals surface area contributed by atoms with Crippen LogP contribution in [0.25, 0.3) is 11.2 Å². The zero-order chi connectivity index (χ0) is 28.8. The summed E-state index contributed by atoms with van der Waals surface area (Å²) in [6, 6.07) is 0. The van der Waals surface area contributed by atoms with Gasteiger partial charge in [0.25, 0.3) is 0 Å². The predicted molar refractivity (Wildman–Crippen MR) is 126 cm³/mol. The highest BCUT2D eigenvalue weighted by Crippen LogP contribution is 2.60. The summed E-state index contributed by atoms with van der Waals surface area (Å²) in [4.78, 5) is 49.9. The van der Waals surface area contributed by atoms with Gasteiger partial charge in [-0.05, 0) is 0 Å². The van der Waals surface area contributed by atoms with Gasteiger partial charge in [0.2, 0.25) is 0 Å². The van der Waals surface area contributed by atoms with Crippen LogP contribution in [-0.4, -0.2) is 111 Å². The third-order valence-corrected chi connectivity index (χ3v) is 8.62. The highest BCUT2D eigenvalue weighted by atomic mass is 31.3. The maximum Gasteiger partial charge on any atom is 0.481 e. The molecule has 0 bridgehead atoms. The molecule has 22 nitrogen and oxygen atoms in total. The Morgan fingerprint density at radius 3 is 2.17 bits per heavy atom. The number of rotatable bonds is 11. The summed E-state index contributed by atoms with van der Waals surface area (Å²) in [5.41, 5.74) is 5.84. The number of hydrogen-bond donors (Lipinski definition) is 9. The fourth-order valence-electron chi connectivity index (χ4n) is 3.73. The number of imidazole rings is 1. The summed E-state index contributed by atoms with van der Waals surface area (Å²) >= 11 is 0. The number of nitrogen functional groups attached to an aromatic ring is 1. The standard InChI is InChI=1S/C15H24N5O16P3.H3N/c16-13-9-14(18-4-17-13)20(5-19-9)15-12(35-37(24,25)26)11(23)8(34-15)3-33-39(29,30)36-38(27,28)32-2-7-10(22)6(21)1-31-7;/h4-8,10-12,15,21-23H,1-3H2,(H,27,28)(H,29,30)(H2,16,17,18)(H2,24,25,26);1H3/t6-,7+,8+,10-,11+,12+,15+;/m0./s1. The number of hydrogen-bond acceptors (Lipinski definition) is 17. The fourth-order valence-corrected chi connectivity index (χ4v) is 6.37. The Kier molecular flexibility index (Phi) is 10.2. The molecule has 0 spiro atoms. The average molecular weight is 640 g/mol. The van der Waals surface area contributed by atoms with Crippen LogP contribution in [0, 0.1) is 0 Å². The van der Waals surface area contributed by atoms with E-state index < -0.39 is 79.5 Å². The summed E-state index contributed by atoms with van der Waals surface area (Å²) < 4.78 is 65.4. The van der Waals surface area contributed by atoms with Crippen molar-refractivity contribution >= 4 is 40.4 Å². The number of nitrogens with two attached hydrogens (primary N) is 1. The summed E-state index contributed by atoms with van der Waals surface area (Å²) in [5.74, 6) is -0.0381. The van der Waals surface area contributed by atoms with Gasteiger partial charge in [0, 0.05) is 0 Å². The van der Waals surface area contributed by atoms with E-state index in [1.54, 1.807) is 0 Å². The maximum atomic E-state index is 12.3. The molecule has 0 saturated carbocycles. The van der Waals surface area contributed by atoms with Gasteiger partial charge in [0.05, 0.1) is 26.1 Å². The van der Waals surface area contributed by atoms with Crippen LogP contribution in [0.15, 0.2) is 12.7 Å². The van der Waals surface area contributed by atoms with Crippen molar-refractivity contribution in [1.82, 2.24) is 25.7 Å². The quantitative estimate of drug-likeness (QED) is 0.116. The van der Waals surface area contributed by atoms with Gasteiger partial charge < -0.3 is 56.3 Å². The molecule has 0 aliphatic carbocycles. The van der Waals surface area contributed by atoms with Crippen molar-refractivity contribution in [2.24, 2.45) is 0 Å². The van der Waals surface area contributed by atoms with Gasteiger partial charge >= 0.3 is 23.5 Å². The lowest BCUT2D eigenvalue weighted by Gasteiger charge is -2.22. The number of aliphatic hydroxyl groups is 3. The molecule has 2 unspecified atom stereocenters. The Hall–Kier alpha value is -1.52. The molecule has 4 heterocycles. The van der Waals surface area contributed by atoms with Crippen LogP contribution in [0.4, 0.5) is 5.82 Å².